The Labute approximate surface area is 177 Å². The van der Waals surface area contributed by atoms with E-state index in [1.807, 2.05) is 0 Å². The standard InChI is InChI=1S/C18H27BrO8S/c1-10(20)23-8-15-4-14(25-12(3)22)7-18(27-15)28-9-16-5-13(24-11(2)21)6-17(19)26-16/h13-18H,4-9H2,1-3H3/t13?,14?,15?,16?,17-,18?/m0/s1. The highest BCUT2D eigenvalue weighted by Gasteiger charge is 2.35. The molecule has 0 bridgehead atoms. The van der Waals surface area contributed by atoms with Gasteiger partial charge in [0.15, 0.2) is 0 Å². The Morgan fingerprint density at radius 1 is 0.893 bits per heavy atom. The van der Waals surface area contributed by atoms with Gasteiger partial charge in [0.1, 0.15) is 29.3 Å². The molecule has 8 nitrogen and oxygen atoms in total. The lowest BCUT2D eigenvalue weighted by Crippen LogP contribution is -2.40. The van der Waals surface area contributed by atoms with E-state index in [1.165, 1.54) is 20.8 Å². The van der Waals surface area contributed by atoms with Crippen LogP contribution in [0.3, 0.4) is 0 Å². The van der Waals surface area contributed by atoms with E-state index >= 15 is 0 Å². The number of thioether (sulfide) groups is 1. The molecule has 2 saturated heterocycles. The highest BCUT2D eigenvalue weighted by molar-refractivity contribution is 9.09. The zero-order chi connectivity index (χ0) is 20.7. The topological polar surface area (TPSA) is 97.4 Å². The minimum absolute atomic E-state index is 0.0999. The van der Waals surface area contributed by atoms with E-state index < -0.39 is 0 Å². The summed E-state index contributed by atoms with van der Waals surface area (Å²) in [6, 6.07) is 0. The van der Waals surface area contributed by atoms with E-state index in [2.05, 4.69) is 15.9 Å². The number of rotatable bonds is 7. The number of halogens is 1. The zero-order valence-electron chi connectivity index (χ0n) is 16.3. The maximum atomic E-state index is 11.3. The molecule has 2 aliphatic heterocycles. The van der Waals surface area contributed by atoms with Gasteiger partial charge in [-0.15, -0.1) is 11.8 Å². The SMILES string of the molecule is CC(=O)OCC1CC(OC(C)=O)CC(SCC2CC(OC(C)=O)C[C@@H](Br)O2)O1. The van der Waals surface area contributed by atoms with Gasteiger partial charge >= 0.3 is 17.9 Å². The van der Waals surface area contributed by atoms with Crippen molar-refractivity contribution in [2.75, 3.05) is 12.4 Å². The van der Waals surface area contributed by atoms with Gasteiger partial charge in [0.2, 0.25) is 0 Å². The highest BCUT2D eigenvalue weighted by Crippen LogP contribution is 2.33. The van der Waals surface area contributed by atoms with E-state index in [0.29, 0.717) is 31.4 Å². The minimum atomic E-state index is -0.377. The van der Waals surface area contributed by atoms with Gasteiger partial charge in [-0.1, -0.05) is 15.9 Å². The van der Waals surface area contributed by atoms with Gasteiger partial charge in [0.25, 0.3) is 0 Å². The average molecular weight is 483 g/mol. The van der Waals surface area contributed by atoms with Crippen LogP contribution in [0.1, 0.15) is 46.5 Å². The van der Waals surface area contributed by atoms with Crippen molar-refractivity contribution >= 4 is 45.6 Å². The summed E-state index contributed by atoms with van der Waals surface area (Å²) in [5.74, 6) is -0.384. The zero-order valence-corrected chi connectivity index (χ0v) is 18.7. The molecule has 2 rings (SSSR count). The number of alkyl halides is 1. The molecule has 0 spiro atoms. The first-order valence-electron chi connectivity index (χ1n) is 9.25. The number of carbonyl (C=O) groups is 3. The molecule has 0 aromatic carbocycles. The molecular weight excluding hydrogens is 456 g/mol. The maximum Gasteiger partial charge on any atom is 0.302 e. The molecule has 28 heavy (non-hydrogen) atoms. The smallest absolute Gasteiger partial charge is 0.302 e. The molecule has 5 unspecified atom stereocenters. The first-order chi connectivity index (χ1) is 13.2. The summed E-state index contributed by atoms with van der Waals surface area (Å²) in [4.78, 5) is 33.6. The van der Waals surface area contributed by atoms with Crippen LogP contribution in [0.4, 0.5) is 0 Å². The fourth-order valence-corrected chi connectivity index (χ4v) is 5.21. The number of carbonyl (C=O) groups excluding carboxylic acids is 3. The van der Waals surface area contributed by atoms with Crippen molar-refractivity contribution < 1.29 is 38.1 Å². The maximum absolute atomic E-state index is 11.3. The van der Waals surface area contributed by atoms with Gasteiger partial charge in [0.05, 0.1) is 12.2 Å². The van der Waals surface area contributed by atoms with Crippen LogP contribution >= 0.6 is 27.7 Å². The van der Waals surface area contributed by atoms with Crippen molar-refractivity contribution in [3.05, 3.63) is 0 Å². The Kier molecular flexibility index (Phi) is 9.52. The van der Waals surface area contributed by atoms with E-state index in [0.717, 1.165) is 0 Å². The van der Waals surface area contributed by atoms with Crippen LogP contribution in [0.2, 0.25) is 0 Å². The molecule has 160 valence electrons. The predicted octanol–water partition coefficient (Wildman–Crippen LogP) is 2.55. The molecular formula is C18H27BrO8S. The Bertz CT molecular complexity index is 560. The molecule has 2 heterocycles. The first-order valence-corrected chi connectivity index (χ1v) is 11.2. The third-order valence-corrected chi connectivity index (χ3v) is 6.07. The third-order valence-electron chi connectivity index (χ3n) is 4.25. The van der Waals surface area contributed by atoms with Crippen molar-refractivity contribution in [3.63, 3.8) is 0 Å². The van der Waals surface area contributed by atoms with Gasteiger partial charge < -0.3 is 23.7 Å². The van der Waals surface area contributed by atoms with Crippen LogP contribution in [0.15, 0.2) is 0 Å². The summed E-state index contributed by atoms with van der Waals surface area (Å²) < 4.78 is 27.6. The number of esters is 3. The summed E-state index contributed by atoms with van der Waals surface area (Å²) in [5, 5.41) is -0.172. The predicted molar refractivity (Wildman–Crippen MR) is 105 cm³/mol. The van der Waals surface area contributed by atoms with Crippen molar-refractivity contribution in [2.24, 2.45) is 0 Å². The summed E-state index contributed by atoms with van der Waals surface area (Å²) in [7, 11) is 0. The molecule has 2 fully saturated rings. The summed E-state index contributed by atoms with van der Waals surface area (Å²) in [6.07, 6.45) is 1.38. The van der Waals surface area contributed by atoms with Crippen molar-refractivity contribution in [1.82, 2.24) is 0 Å². The second-order valence-corrected chi connectivity index (χ2v) is 9.11. The van der Waals surface area contributed by atoms with E-state index in [4.69, 9.17) is 23.7 Å². The van der Waals surface area contributed by atoms with Gasteiger partial charge in [0, 0.05) is 52.2 Å². The van der Waals surface area contributed by atoms with Gasteiger partial charge in [-0.25, -0.2) is 0 Å². The van der Waals surface area contributed by atoms with Crippen LogP contribution in [0.25, 0.3) is 0 Å². The van der Waals surface area contributed by atoms with E-state index in [-0.39, 0.29) is 59.4 Å². The van der Waals surface area contributed by atoms with E-state index in [9.17, 15) is 14.4 Å². The number of hydrogen-bond donors (Lipinski definition) is 0. The minimum Gasteiger partial charge on any atom is -0.463 e. The fourth-order valence-electron chi connectivity index (χ4n) is 3.25. The molecule has 0 radical (unpaired) electrons. The molecule has 0 aromatic heterocycles. The van der Waals surface area contributed by atoms with Gasteiger partial charge in [-0.3, -0.25) is 14.4 Å². The van der Waals surface area contributed by atoms with Crippen LogP contribution < -0.4 is 0 Å². The molecule has 0 N–H and O–H groups in total. The normalized spacial score (nSPS) is 33.0. The van der Waals surface area contributed by atoms with Crippen molar-refractivity contribution in [2.45, 2.75) is 81.3 Å². The lowest BCUT2D eigenvalue weighted by Gasteiger charge is -2.36. The van der Waals surface area contributed by atoms with Crippen LogP contribution in [-0.2, 0) is 38.1 Å². The van der Waals surface area contributed by atoms with Crippen molar-refractivity contribution in [1.29, 1.82) is 0 Å². The molecule has 6 atom stereocenters. The first kappa shape index (κ1) is 23.4. The molecule has 2 aliphatic rings. The Morgan fingerprint density at radius 2 is 1.50 bits per heavy atom. The molecule has 0 aromatic rings. The van der Waals surface area contributed by atoms with Crippen LogP contribution in [-0.4, -0.2) is 65.1 Å². The Morgan fingerprint density at radius 3 is 2.11 bits per heavy atom. The lowest BCUT2D eigenvalue weighted by molar-refractivity contribution is -0.162. The molecule has 10 heteroatoms. The highest BCUT2D eigenvalue weighted by atomic mass is 79.9. The Hall–Kier alpha value is -0.840. The number of hydrogen-bond acceptors (Lipinski definition) is 9. The summed E-state index contributed by atoms with van der Waals surface area (Å²) in [5.41, 5.74) is -0.217. The summed E-state index contributed by atoms with van der Waals surface area (Å²) in [6.45, 7) is 4.24. The molecule has 0 saturated carbocycles. The van der Waals surface area contributed by atoms with Crippen molar-refractivity contribution in [3.8, 4) is 0 Å². The fraction of sp³-hybridized carbons (Fsp3) is 0.833. The Balaban J connectivity index is 1.87. The third kappa shape index (κ3) is 8.67. The second kappa shape index (κ2) is 11.4. The van der Waals surface area contributed by atoms with Crippen LogP contribution in [0, 0.1) is 0 Å². The largest absolute Gasteiger partial charge is 0.463 e. The van der Waals surface area contributed by atoms with E-state index in [1.54, 1.807) is 11.8 Å². The monoisotopic (exact) mass is 482 g/mol. The summed E-state index contributed by atoms with van der Waals surface area (Å²) >= 11 is 5.00. The van der Waals surface area contributed by atoms with Crippen LogP contribution in [0.5, 0.6) is 0 Å². The molecule has 0 aliphatic carbocycles. The quantitative estimate of drug-likeness (QED) is 0.307. The molecule has 0 amide bonds. The average Bonchev–Trinajstić information content (AvgIpc) is 2.56. The van der Waals surface area contributed by atoms with Gasteiger partial charge in [-0.2, -0.15) is 0 Å². The lowest BCUT2D eigenvalue weighted by atomic mass is 10.1. The number of ether oxygens (including phenoxy) is 5. The second-order valence-electron chi connectivity index (χ2n) is 6.90. The van der Waals surface area contributed by atoms with Gasteiger partial charge in [-0.05, 0) is 0 Å².